The van der Waals surface area contributed by atoms with E-state index in [0.29, 0.717) is 22.6 Å². The number of carbonyl (C=O) groups is 1. The van der Waals surface area contributed by atoms with Gasteiger partial charge >= 0.3 is 5.97 Å². The van der Waals surface area contributed by atoms with Gasteiger partial charge < -0.3 is 14.4 Å². The molecule has 122 valence electrons. The molecule has 0 fully saturated rings. The first-order valence-corrected chi connectivity index (χ1v) is 7.08. The average molecular weight is 327 g/mol. The molecule has 0 aliphatic heterocycles. The summed E-state index contributed by atoms with van der Waals surface area (Å²) in [7, 11) is 0. The molecule has 0 atom stereocenters. The van der Waals surface area contributed by atoms with Gasteiger partial charge in [0.05, 0.1) is 16.0 Å². The highest BCUT2D eigenvalue weighted by Crippen LogP contribution is 2.20. The summed E-state index contributed by atoms with van der Waals surface area (Å²) in [6, 6.07) is 12.9. The Labute approximate surface area is 136 Å². The number of nitro groups is 1. The summed E-state index contributed by atoms with van der Waals surface area (Å²) in [5, 5.41) is 19.7. The van der Waals surface area contributed by atoms with Crippen LogP contribution in [0.3, 0.4) is 0 Å². The van der Waals surface area contributed by atoms with Crippen LogP contribution >= 0.6 is 0 Å². The van der Waals surface area contributed by atoms with Crippen LogP contribution in [-0.4, -0.2) is 25.6 Å². The number of hydrogen-bond acceptors (Lipinski definition) is 5. The predicted octanol–water partition coefficient (Wildman–Crippen LogP) is 2.61. The first kappa shape index (κ1) is 15.5. The zero-order valence-corrected chi connectivity index (χ0v) is 12.5. The number of carboxylic acid groups (broad SMARTS) is 1. The van der Waals surface area contributed by atoms with Crippen LogP contribution in [0.25, 0.3) is 11.0 Å². The Bertz CT molecular complexity index is 902. The summed E-state index contributed by atoms with van der Waals surface area (Å²) in [6.45, 7) is -0.167. The molecule has 1 aromatic heterocycles. The second-order valence-corrected chi connectivity index (χ2v) is 5.04. The Morgan fingerprint density at radius 2 is 1.92 bits per heavy atom. The van der Waals surface area contributed by atoms with Gasteiger partial charge in [-0.3, -0.25) is 14.9 Å². The fourth-order valence-corrected chi connectivity index (χ4v) is 2.36. The second-order valence-electron chi connectivity index (χ2n) is 5.04. The van der Waals surface area contributed by atoms with Gasteiger partial charge in [-0.1, -0.05) is 12.1 Å². The quantitative estimate of drug-likeness (QED) is 0.551. The van der Waals surface area contributed by atoms with Crippen molar-refractivity contribution in [1.29, 1.82) is 0 Å². The van der Waals surface area contributed by atoms with E-state index in [1.54, 1.807) is 16.7 Å². The number of ether oxygens (including phenoxy) is 1. The van der Waals surface area contributed by atoms with Gasteiger partial charge in [-0.25, -0.2) is 4.98 Å². The van der Waals surface area contributed by atoms with Crippen molar-refractivity contribution in [2.75, 3.05) is 0 Å². The lowest BCUT2D eigenvalue weighted by Gasteiger charge is -2.08. The lowest BCUT2D eigenvalue weighted by Crippen LogP contribution is -2.13. The molecule has 0 amide bonds. The third-order valence-electron chi connectivity index (χ3n) is 3.44. The SMILES string of the molecule is O=C(O)Cn1c(COc2ccc([N+](=O)[O-])cc2)nc2ccccc21. The van der Waals surface area contributed by atoms with Crippen LogP contribution in [0.2, 0.25) is 0 Å². The van der Waals surface area contributed by atoms with E-state index < -0.39 is 10.9 Å². The van der Waals surface area contributed by atoms with Crippen LogP contribution in [0.1, 0.15) is 5.82 Å². The summed E-state index contributed by atoms with van der Waals surface area (Å²) in [6.07, 6.45) is 0. The molecule has 24 heavy (non-hydrogen) atoms. The minimum absolute atomic E-state index is 0.0273. The third kappa shape index (κ3) is 3.17. The molecule has 0 radical (unpaired) electrons. The van der Waals surface area contributed by atoms with Crippen LogP contribution in [0.5, 0.6) is 5.75 Å². The zero-order valence-electron chi connectivity index (χ0n) is 12.5. The van der Waals surface area contributed by atoms with E-state index in [0.717, 1.165) is 0 Å². The Hall–Kier alpha value is -3.42. The predicted molar refractivity (Wildman–Crippen MR) is 84.8 cm³/mol. The van der Waals surface area contributed by atoms with Crippen LogP contribution < -0.4 is 4.74 Å². The molecule has 0 saturated carbocycles. The molecule has 3 aromatic rings. The van der Waals surface area contributed by atoms with Crippen molar-refractivity contribution in [1.82, 2.24) is 9.55 Å². The number of fused-ring (bicyclic) bond motifs is 1. The minimum atomic E-state index is -0.977. The van der Waals surface area contributed by atoms with Gasteiger partial charge in [0.15, 0.2) is 0 Å². The molecule has 0 saturated heterocycles. The van der Waals surface area contributed by atoms with Gasteiger partial charge in [0.1, 0.15) is 24.7 Å². The first-order valence-electron chi connectivity index (χ1n) is 7.08. The van der Waals surface area contributed by atoms with E-state index in [-0.39, 0.29) is 18.8 Å². The minimum Gasteiger partial charge on any atom is -0.486 e. The van der Waals surface area contributed by atoms with Crippen LogP contribution in [0.15, 0.2) is 48.5 Å². The summed E-state index contributed by atoms with van der Waals surface area (Å²) < 4.78 is 7.15. The van der Waals surface area contributed by atoms with Crippen molar-refractivity contribution in [2.24, 2.45) is 0 Å². The highest BCUT2D eigenvalue weighted by molar-refractivity contribution is 5.78. The van der Waals surface area contributed by atoms with Crippen molar-refractivity contribution in [3.05, 3.63) is 64.5 Å². The first-order chi connectivity index (χ1) is 11.5. The molecule has 2 aromatic carbocycles. The number of non-ortho nitro benzene ring substituents is 1. The zero-order chi connectivity index (χ0) is 17.1. The second kappa shape index (κ2) is 6.37. The monoisotopic (exact) mass is 327 g/mol. The molecular weight excluding hydrogens is 314 g/mol. The number of rotatable bonds is 6. The number of nitrogens with zero attached hydrogens (tertiary/aromatic N) is 3. The lowest BCUT2D eigenvalue weighted by molar-refractivity contribution is -0.384. The maximum absolute atomic E-state index is 11.1. The molecular formula is C16H13N3O5. The van der Waals surface area contributed by atoms with E-state index in [4.69, 9.17) is 9.84 Å². The summed E-state index contributed by atoms with van der Waals surface area (Å²) >= 11 is 0. The number of nitro benzene ring substituents is 1. The average Bonchev–Trinajstić information content (AvgIpc) is 2.90. The molecule has 1 heterocycles. The molecule has 8 heteroatoms. The molecule has 0 aliphatic carbocycles. The number of carboxylic acids is 1. The normalized spacial score (nSPS) is 10.7. The van der Waals surface area contributed by atoms with Crippen molar-refractivity contribution in [3.8, 4) is 5.75 Å². The number of aromatic nitrogens is 2. The van der Waals surface area contributed by atoms with Crippen molar-refractivity contribution in [2.45, 2.75) is 13.2 Å². The summed E-state index contributed by atoms with van der Waals surface area (Å²) in [5.74, 6) is -0.0683. The number of benzene rings is 2. The summed E-state index contributed by atoms with van der Waals surface area (Å²) in [5.41, 5.74) is 1.36. The largest absolute Gasteiger partial charge is 0.486 e. The number of para-hydroxylation sites is 2. The van der Waals surface area contributed by atoms with Gasteiger partial charge in [-0.05, 0) is 24.3 Å². The van der Waals surface area contributed by atoms with Crippen LogP contribution in [0.4, 0.5) is 5.69 Å². The molecule has 0 bridgehead atoms. The number of hydrogen-bond donors (Lipinski definition) is 1. The van der Waals surface area contributed by atoms with Gasteiger partial charge in [-0.2, -0.15) is 0 Å². The number of imidazole rings is 1. The van der Waals surface area contributed by atoms with E-state index in [2.05, 4.69) is 4.98 Å². The summed E-state index contributed by atoms with van der Waals surface area (Å²) in [4.78, 5) is 25.6. The highest BCUT2D eigenvalue weighted by Gasteiger charge is 2.13. The molecule has 0 aliphatic rings. The van der Waals surface area contributed by atoms with Crippen LogP contribution in [-0.2, 0) is 17.9 Å². The smallest absolute Gasteiger partial charge is 0.323 e. The number of aliphatic carboxylic acids is 1. The van der Waals surface area contributed by atoms with E-state index >= 15 is 0 Å². The molecule has 0 spiro atoms. The van der Waals surface area contributed by atoms with Crippen LogP contribution in [0, 0.1) is 10.1 Å². The molecule has 1 N–H and O–H groups in total. The van der Waals surface area contributed by atoms with Gasteiger partial charge in [0.25, 0.3) is 5.69 Å². The van der Waals surface area contributed by atoms with Gasteiger partial charge in [0.2, 0.25) is 0 Å². The standard InChI is InChI=1S/C16H13N3O5/c20-16(21)9-18-14-4-2-1-3-13(14)17-15(18)10-24-12-7-5-11(6-8-12)19(22)23/h1-8H,9-10H2,(H,20,21). The topological polar surface area (TPSA) is 107 Å². The lowest BCUT2D eigenvalue weighted by atomic mass is 10.3. The fraction of sp³-hybridized carbons (Fsp3) is 0.125. The Balaban J connectivity index is 1.84. The van der Waals surface area contributed by atoms with Gasteiger partial charge in [0, 0.05) is 12.1 Å². The maximum atomic E-state index is 11.1. The van der Waals surface area contributed by atoms with E-state index in [1.165, 1.54) is 24.3 Å². The van der Waals surface area contributed by atoms with E-state index in [9.17, 15) is 14.9 Å². The van der Waals surface area contributed by atoms with Gasteiger partial charge in [-0.15, -0.1) is 0 Å². The molecule has 0 unspecified atom stereocenters. The molecule has 3 rings (SSSR count). The highest BCUT2D eigenvalue weighted by atomic mass is 16.6. The molecule has 8 nitrogen and oxygen atoms in total. The van der Waals surface area contributed by atoms with Crippen molar-refractivity contribution in [3.63, 3.8) is 0 Å². The maximum Gasteiger partial charge on any atom is 0.323 e. The van der Waals surface area contributed by atoms with Crippen molar-refractivity contribution >= 4 is 22.7 Å². The fourth-order valence-electron chi connectivity index (χ4n) is 2.36. The Morgan fingerprint density at radius 1 is 1.21 bits per heavy atom. The third-order valence-corrected chi connectivity index (χ3v) is 3.44. The van der Waals surface area contributed by atoms with E-state index in [1.807, 2.05) is 12.1 Å². The Kier molecular flexibility index (Phi) is 4.11. The van der Waals surface area contributed by atoms with Crippen molar-refractivity contribution < 1.29 is 19.6 Å². The Morgan fingerprint density at radius 3 is 2.58 bits per heavy atom.